The number of hydrogen-bond acceptors (Lipinski definition) is 3. The predicted molar refractivity (Wildman–Crippen MR) is 66.3 cm³/mol. The molecule has 1 aromatic rings. The van der Waals surface area contributed by atoms with Gasteiger partial charge in [-0.15, -0.1) is 0 Å². The van der Waals surface area contributed by atoms with Crippen molar-refractivity contribution >= 4 is 0 Å². The van der Waals surface area contributed by atoms with Crippen LogP contribution >= 0.6 is 0 Å². The highest BCUT2D eigenvalue weighted by atomic mass is 16.5. The lowest BCUT2D eigenvalue weighted by atomic mass is 9.97. The van der Waals surface area contributed by atoms with E-state index in [4.69, 9.17) is 4.74 Å². The third-order valence-electron chi connectivity index (χ3n) is 2.60. The number of rotatable bonds is 7. The number of methoxy groups -OCH3 is 1. The Morgan fingerprint density at radius 1 is 1.44 bits per heavy atom. The minimum absolute atomic E-state index is 0.380. The van der Waals surface area contributed by atoms with Crippen LogP contribution in [-0.2, 0) is 4.74 Å². The van der Waals surface area contributed by atoms with E-state index in [1.807, 2.05) is 18.5 Å². The summed E-state index contributed by atoms with van der Waals surface area (Å²) in [7, 11) is 1.74. The molecule has 16 heavy (non-hydrogen) atoms. The van der Waals surface area contributed by atoms with Crippen LogP contribution in [0.1, 0.15) is 31.9 Å². The van der Waals surface area contributed by atoms with Gasteiger partial charge in [0.25, 0.3) is 0 Å². The molecule has 0 aromatic carbocycles. The summed E-state index contributed by atoms with van der Waals surface area (Å²) in [6.45, 7) is 6.23. The van der Waals surface area contributed by atoms with E-state index in [2.05, 4.69) is 30.2 Å². The highest BCUT2D eigenvalue weighted by molar-refractivity contribution is 5.14. The summed E-state index contributed by atoms with van der Waals surface area (Å²) < 4.78 is 5.04. The van der Waals surface area contributed by atoms with Crippen LogP contribution in [0.25, 0.3) is 0 Å². The van der Waals surface area contributed by atoms with E-state index in [0.717, 1.165) is 19.6 Å². The fourth-order valence-corrected chi connectivity index (χ4v) is 1.77. The van der Waals surface area contributed by atoms with Gasteiger partial charge in [-0.05, 0) is 30.5 Å². The molecule has 0 bridgehead atoms. The summed E-state index contributed by atoms with van der Waals surface area (Å²) in [6.07, 6.45) is 4.79. The average Bonchev–Trinajstić information content (AvgIpc) is 2.30. The molecule has 3 heteroatoms. The van der Waals surface area contributed by atoms with E-state index in [-0.39, 0.29) is 0 Å². The van der Waals surface area contributed by atoms with Crippen molar-refractivity contribution in [1.82, 2.24) is 10.3 Å². The Labute approximate surface area is 98.2 Å². The maximum atomic E-state index is 5.04. The standard InChI is InChI=1S/C13H22N2O/c1-11(2)13(15-8-5-9-16-3)12-6-4-7-14-10-12/h4,6-7,10-11,13,15H,5,8-9H2,1-3H3. The predicted octanol–water partition coefficient (Wildman–Crippen LogP) is 2.40. The Bertz CT molecular complexity index is 275. The van der Waals surface area contributed by atoms with Gasteiger partial charge in [0.15, 0.2) is 0 Å². The van der Waals surface area contributed by atoms with E-state index < -0.39 is 0 Å². The molecule has 1 unspecified atom stereocenters. The lowest BCUT2D eigenvalue weighted by Crippen LogP contribution is -2.27. The van der Waals surface area contributed by atoms with Gasteiger partial charge >= 0.3 is 0 Å². The second-order valence-electron chi connectivity index (χ2n) is 4.31. The first kappa shape index (κ1) is 13.1. The molecule has 0 saturated carbocycles. The SMILES string of the molecule is COCCCNC(c1cccnc1)C(C)C. The monoisotopic (exact) mass is 222 g/mol. The second-order valence-corrected chi connectivity index (χ2v) is 4.31. The molecule has 0 amide bonds. The van der Waals surface area contributed by atoms with Crippen molar-refractivity contribution in [2.24, 2.45) is 5.92 Å². The first-order valence-corrected chi connectivity index (χ1v) is 5.88. The van der Waals surface area contributed by atoms with Crippen LogP contribution in [0.15, 0.2) is 24.5 Å². The van der Waals surface area contributed by atoms with Gasteiger partial charge in [0, 0.05) is 32.2 Å². The smallest absolute Gasteiger partial charge is 0.0474 e. The van der Waals surface area contributed by atoms with E-state index in [0.29, 0.717) is 12.0 Å². The first-order chi connectivity index (χ1) is 7.75. The Kier molecular flexibility index (Phi) is 6.04. The maximum Gasteiger partial charge on any atom is 0.0474 e. The molecule has 0 spiro atoms. The zero-order chi connectivity index (χ0) is 11.8. The van der Waals surface area contributed by atoms with Gasteiger partial charge in [-0.2, -0.15) is 0 Å². The summed E-state index contributed by atoms with van der Waals surface area (Å²) >= 11 is 0. The number of hydrogen-bond donors (Lipinski definition) is 1. The van der Waals surface area contributed by atoms with Gasteiger partial charge in [0.1, 0.15) is 0 Å². The summed E-state index contributed by atoms with van der Waals surface area (Å²) in [5.74, 6) is 0.562. The van der Waals surface area contributed by atoms with Gasteiger partial charge in [0.05, 0.1) is 0 Å². The summed E-state index contributed by atoms with van der Waals surface area (Å²) in [4.78, 5) is 4.17. The molecule has 0 fully saturated rings. The number of pyridine rings is 1. The van der Waals surface area contributed by atoms with Crippen LogP contribution in [0.2, 0.25) is 0 Å². The summed E-state index contributed by atoms with van der Waals surface area (Å²) in [5, 5.41) is 3.55. The van der Waals surface area contributed by atoms with Crippen LogP contribution in [0.5, 0.6) is 0 Å². The molecule has 0 radical (unpaired) electrons. The number of nitrogens with one attached hydrogen (secondary N) is 1. The molecule has 0 aliphatic heterocycles. The molecule has 1 heterocycles. The van der Waals surface area contributed by atoms with Crippen LogP contribution in [-0.4, -0.2) is 25.2 Å². The molecule has 1 aromatic heterocycles. The highest BCUT2D eigenvalue weighted by Gasteiger charge is 2.14. The van der Waals surface area contributed by atoms with Gasteiger partial charge in [-0.1, -0.05) is 19.9 Å². The normalized spacial score (nSPS) is 13.0. The van der Waals surface area contributed by atoms with Crippen molar-refractivity contribution in [2.75, 3.05) is 20.3 Å². The third kappa shape index (κ3) is 4.29. The maximum absolute atomic E-state index is 5.04. The zero-order valence-electron chi connectivity index (χ0n) is 10.4. The molecular formula is C13H22N2O. The first-order valence-electron chi connectivity index (χ1n) is 5.88. The van der Waals surface area contributed by atoms with E-state index >= 15 is 0 Å². The molecular weight excluding hydrogens is 200 g/mol. The van der Waals surface area contributed by atoms with Gasteiger partial charge in [0.2, 0.25) is 0 Å². The molecule has 1 N–H and O–H groups in total. The molecule has 0 aliphatic rings. The van der Waals surface area contributed by atoms with E-state index in [9.17, 15) is 0 Å². The van der Waals surface area contributed by atoms with Gasteiger partial charge < -0.3 is 10.1 Å². The molecule has 0 aliphatic carbocycles. The van der Waals surface area contributed by atoms with Gasteiger partial charge in [-0.25, -0.2) is 0 Å². The third-order valence-corrected chi connectivity index (χ3v) is 2.60. The van der Waals surface area contributed by atoms with Crippen molar-refractivity contribution < 1.29 is 4.74 Å². The zero-order valence-corrected chi connectivity index (χ0v) is 10.4. The van der Waals surface area contributed by atoms with Crippen LogP contribution in [0.3, 0.4) is 0 Å². The molecule has 1 rings (SSSR count). The van der Waals surface area contributed by atoms with Crippen LogP contribution < -0.4 is 5.32 Å². The van der Waals surface area contributed by atoms with E-state index in [1.165, 1.54) is 5.56 Å². The molecule has 0 saturated heterocycles. The summed E-state index contributed by atoms with van der Waals surface area (Å²) in [6, 6.07) is 4.49. The average molecular weight is 222 g/mol. The quantitative estimate of drug-likeness (QED) is 0.719. The lowest BCUT2D eigenvalue weighted by Gasteiger charge is -2.22. The number of nitrogens with zero attached hydrogens (tertiary/aromatic N) is 1. The van der Waals surface area contributed by atoms with Crippen LogP contribution in [0, 0.1) is 5.92 Å². The Morgan fingerprint density at radius 3 is 2.81 bits per heavy atom. The Morgan fingerprint density at radius 2 is 2.25 bits per heavy atom. The Hall–Kier alpha value is -0.930. The second kappa shape index (κ2) is 7.36. The lowest BCUT2D eigenvalue weighted by molar-refractivity contribution is 0.192. The minimum atomic E-state index is 0.380. The van der Waals surface area contributed by atoms with Crippen molar-refractivity contribution in [3.05, 3.63) is 30.1 Å². The van der Waals surface area contributed by atoms with Crippen molar-refractivity contribution in [2.45, 2.75) is 26.3 Å². The number of aromatic nitrogens is 1. The minimum Gasteiger partial charge on any atom is -0.385 e. The topological polar surface area (TPSA) is 34.1 Å². The molecule has 1 atom stereocenters. The highest BCUT2D eigenvalue weighted by Crippen LogP contribution is 2.20. The summed E-state index contributed by atoms with van der Waals surface area (Å²) in [5.41, 5.74) is 1.26. The van der Waals surface area contributed by atoms with Crippen LogP contribution in [0.4, 0.5) is 0 Å². The fourth-order valence-electron chi connectivity index (χ4n) is 1.77. The Balaban J connectivity index is 2.49. The van der Waals surface area contributed by atoms with E-state index in [1.54, 1.807) is 7.11 Å². The molecule has 3 nitrogen and oxygen atoms in total. The van der Waals surface area contributed by atoms with Crippen molar-refractivity contribution in [3.63, 3.8) is 0 Å². The molecule has 90 valence electrons. The van der Waals surface area contributed by atoms with Crippen molar-refractivity contribution in [3.8, 4) is 0 Å². The van der Waals surface area contributed by atoms with Gasteiger partial charge in [-0.3, -0.25) is 4.98 Å². The number of ether oxygens (including phenoxy) is 1. The largest absolute Gasteiger partial charge is 0.385 e. The fraction of sp³-hybridized carbons (Fsp3) is 0.615. The van der Waals surface area contributed by atoms with Crippen molar-refractivity contribution in [1.29, 1.82) is 0 Å².